The van der Waals surface area contributed by atoms with E-state index < -0.39 is 6.10 Å². The lowest BCUT2D eigenvalue weighted by Crippen LogP contribution is -2.22. The van der Waals surface area contributed by atoms with Crippen LogP contribution in [0.2, 0.25) is 0 Å². The van der Waals surface area contributed by atoms with Crippen molar-refractivity contribution in [1.82, 2.24) is 9.55 Å². The van der Waals surface area contributed by atoms with Crippen LogP contribution in [0.1, 0.15) is 0 Å². The van der Waals surface area contributed by atoms with Gasteiger partial charge in [-0.1, -0.05) is 28.1 Å². The number of aliphatic hydroxyl groups is 1. The van der Waals surface area contributed by atoms with E-state index in [1.165, 1.54) is 0 Å². The number of rotatable bonds is 7. The number of nitrogens with zero attached hydrogens (tertiary/aromatic N) is 2. The van der Waals surface area contributed by atoms with Gasteiger partial charge in [0.1, 0.15) is 24.2 Å². The number of methoxy groups -OCH3 is 1. The van der Waals surface area contributed by atoms with Gasteiger partial charge in [0.05, 0.1) is 25.7 Å². The number of aromatic nitrogens is 2. The molecule has 2 aromatic carbocycles. The summed E-state index contributed by atoms with van der Waals surface area (Å²) in [6, 6.07) is 15.2. The van der Waals surface area contributed by atoms with Crippen LogP contribution in [0.15, 0.2) is 65.5 Å². The molecule has 25 heavy (non-hydrogen) atoms. The van der Waals surface area contributed by atoms with Crippen molar-refractivity contribution in [3.8, 4) is 22.8 Å². The molecule has 0 aliphatic heterocycles. The molecule has 0 amide bonds. The van der Waals surface area contributed by atoms with Gasteiger partial charge in [-0.15, -0.1) is 0 Å². The summed E-state index contributed by atoms with van der Waals surface area (Å²) < 4.78 is 13.6. The smallest absolute Gasteiger partial charge is 0.119 e. The van der Waals surface area contributed by atoms with Crippen LogP contribution in [-0.4, -0.2) is 34.5 Å². The fourth-order valence-electron chi connectivity index (χ4n) is 2.39. The standard InChI is InChI=1S/C19H19BrN2O3/c1-24-17-6-8-18(9-7-17)25-12-16(23)10-22-11-19(21-13-22)14-2-4-15(20)5-3-14/h2-9,11,13,16,23H,10,12H2,1H3/t16-/m0/s1. The van der Waals surface area contributed by atoms with Gasteiger partial charge in [-0.3, -0.25) is 0 Å². The Kier molecular flexibility index (Phi) is 5.73. The van der Waals surface area contributed by atoms with Crippen molar-refractivity contribution in [2.75, 3.05) is 13.7 Å². The molecule has 1 aromatic heterocycles. The highest BCUT2D eigenvalue weighted by Gasteiger charge is 2.09. The molecule has 0 saturated carbocycles. The van der Waals surface area contributed by atoms with E-state index in [-0.39, 0.29) is 6.61 Å². The van der Waals surface area contributed by atoms with Gasteiger partial charge in [0, 0.05) is 16.2 Å². The van der Waals surface area contributed by atoms with Crippen LogP contribution in [0.5, 0.6) is 11.5 Å². The molecule has 0 unspecified atom stereocenters. The van der Waals surface area contributed by atoms with Crippen molar-refractivity contribution in [2.45, 2.75) is 12.6 Å². The largest absolute Gasteiger partial charge is 0.497 e. The van der Waals surface area contributed by atoms with Crippen LogP contribution in [0.25, 0.3) is 11.3 Å². The fraction of sp³-hybridized carbons (Fsp3) is 0.211. The second kappa shape index (κ2) is 8.18. The van der Waals surface area contributed by atoms with E-state index in [1.54, 1.807) is 13.4 Å². The lowest BCUT2D eigenvalue weighted by Gasteiger charge is -2.13. The van der Waals surface area contributed by atoms with Gasteiger partial charge in [0.25, 0.3) is 0 Å². The Hall–Kier alpha value is -2.31. The fourth-order valence-corrected chi connectivity index (χ4v) is 2.65. The monoisotopic (exact) mass is 402 g/mol. The summed E-state index contributed by atoms with van der Waals surface area (Å²) in [4.78, 5) is 4.39. The molecule has 1 N–H and O–H groups in total. The van der Waals surface area contributed by atoms with Gasteiger partial charge in [-0.05, 0) is 36.4 Å². The molecule has 3 rings (SSSR count). The van der Waals surface area contributed by atoms with E-state index in [4.69, 9.17) is 9.47 Å². The van der Waals surface area contributed by atoms with Crippen molar-refractivity contribution in [3.63, 3.8) is 0 Å². The molecule has 130 valence electrons. The van der Waals surface area contributed by atoms with Crippen LogP contribution in [0.4, 0.5) is 0 Å². The van der Waals surface area contributed by atoms with Crippen molar-refractivity contribution < 1.29 is 14.6 Å². The van der Waals surface area contributed by atoms with Crippen molar-refractivity contribution in [2.24, 2.45) is 0 Å². The number of hydrogen-bond acceptors (Lipinski definition) is 4. The van der Waals surface area contributed by atoms with Crippen molar-refractivity contribution in [3.05, 3.63) is 65.5 Å². The maximum atomic E-state index is 10.2. The molecule has 1 atom stereocenters. The average molecular weight is 403 g/mol. The summed E-state index contributed by atoms with van der Waals surface area (Å²) >= 11 is 3.42. The van der Waals surface area contributed by atoms with Gasteiger partial charge < -0.3 is 19.1 Å². The van der Waals surface area contributed by atoms with Crippen LogP contribution in [0, 0.1) is 0 Å². The SMILES string of the molecule is COc1ccc(OC[C@@H](O)Cn2cnc(-c3ccc(Br)cc3)c2)cc1. The lowest BCUT2D eigenvalue weighted by molar-refractivity contribution is 0.0924. The molecular weight excluding hydrogens is 384 g/mol. The summed E-state index contributed by atoms with van der Waals surface area (Å²) in [7, 11) is 1.62. The van der Waals surface area contributed by atoms with Gasteiger partial charge in [0.15, 0.2) is 0 Å². The van der Waals surface area contributed by atoms with E-state index in [2.05, 4.69) is 20.9 Å². The average Bonchev–Trinajstić information content (AvgIpc) is 3.09. The Labute approximate surface area is 155 Å². The van der Waals surface area contributed by atoms with Gasteiger partial charge >= 0.3 is 0 Å². The minimum Gasteiger partial charge on any atom is -0.497 e. The molecular formula is C19H19BrN2O3. The molecule has 0 aliphatic rings. The summed E-state index contributed by atoms with van der Waals surface area (Å²) in [6.07, 6.45) is 3.00. The minimum absolute atomic E-state index is 0.206. The van der Waals surface area contributed by atoms with E-state index in [0.29, 0.717) is 12.3 Å². The highest BCUT2D eigenvalue weighted by Crippen LogP contribution is 2.20. The summed E-state index contributed by atoms with van der Waals surface area (Å²) in [5.74, 6) is 1.47. The second-order valence-corrected chi connectivity index (χ2v) is 6.52. The molecule has 0 saturated heterocycles. The summed E-state index contributed by atoms with van der Waals surface area (Å²) in [6.45, 7) is 0.623. The number of imidazole rings is 1. The van der Waals surface area contributed by atoms with E-state index in [1.807, 2.05) is 59.3 Å². The zero-order valence-corrected chi connectivity index (χ0v) is 15.4. The highest BCUT2D eigenvalue weighted by atomic mass is 79.9. The van der Waals surface area contributed by atoms with Crippen LogP contribution >= 0.6 is 15.9 Å². The third-order valence-corrected chi connectivity index (χ3v) is 4.23. The maximum Gasteiger partial charge on any atom is 0.119 e. The number of hydrogen-bond donors (Lipinski definition) is 1. The van der Waals surface area contributed by atoms with Crippen LogP contribution in [0.3, 0.4) is 0 Å². The zero-order chi connectivity index (χ0) is 17.6. The molecule has 5 nitrogen and oxygen atoms in total. The predicted molar refractivity (Wildman–Crippen MR) is 99.9 cm³/mol. The quantitative estimate of drug-likeness (QED) is 0.653. The molecule has 6 heteroatoms. The van der Waals surface area contributed by atoms with E-state index >= 15 is 0 Å². The Morgan fingerprint density at radius 3 is 2.44 bits per heavy atom. The first-order valence-electron chi connectivity index (χ1n) is 7.86. The molecule has 0 fully saturated rings. The van der Waals surface area contributed by atoms with Gasteiger partial charge in [-0.2, -0.15) is 0 Å². The van der Waals surface area contributed by atoms with Crippen LogP contribution < -0.4 is 9.47 Å². The first-order valence-corrected chi connectivity index (χ1v) is 8.66. The normalized spacial score (nSPS) is 12.0. The number of aliphatic hydroxyl groups excluding tert-OH is 1. The third-order valence-electron chi connectivity index (χ3n) is 3.70. The maximum absolute atomic E-state index is 10.2. The van der Waals surface area contributed by atoms with Crippen molar-refractivity contribution >= 4 is 15.9 Å². The molecule has 3 aromatic rings. The van der Waals surface area contributed by atoms with Gasteiger partial charge in [0.2, 0.25) is 0 Å². The number of benzene rings is 2. The van der Waals surface area contributed by atoms with Crippen molar-refractivity contribution in [1.29, 1.82) is 0 Å². The van der Waals surface area contributed by atoms with Crippen LogP contribution in [-0.2, 0) is 6.54 Å². The predicted octanol–water partition coefficient (Wildman–Crippen LogP) is 3.76. The minimum atomic E-state index is -0.630. The number of halogens is 1. The Bertz CT molecular complexity index is 800. The third kappa shape index (κ3) is 4.84. The summed E-state index contributed by atoms with van der Waals surface area (Å²) in [5.41, 5.74) is 1.90. The molecule has 0 spiro atoms. The Balaban J connectivity index is 1.54. The molecule has 0 radical (unpaired) electrons. The second-order valence-electron chi connectivity index (χ2n) is 5.60. The van der Waals surface area contributed by atoms with E-state index in [9.17, 15) is 5.11 Å². The van der Waals surface area contributed by atoms with Gasteiger partial charge in [-0.25, -0.2) is 4.98 Å². The topological polar surface area (TPSA) is 56.5 Å². The molecule has 0 aliphatic carbocycles. The lowest BCUT2D eigenvalue weighted by atomic mass is 10.2. The molecule has 0 bridgehead atoms. The first-order chi connectivity index (χ1) is 12.1. The van der Waals surface area contributed by atoms with E-state index in [0.717, 1.165) is 21.5 Å². The summed E-state index contributed by atoms with van der Waals surface area (Å²) in [5, 5.41) is 10.2. The highest BCUT2D eigenvalue weighted by molar-refractivity contribution is 9.10. The molecule has 1 heterocycles. The Morgan fingerprint density at radius 1 is 1.08 bits per heavy atom. The zero-order valence-electron chi connectivity index (χ0n) is 13.8. The number of ether oxygens (including phenoxy) is 2. The first kappa shape index (κ1) is 17.5. The Morgan fingerprint density at radius 2 is 1.76 bits per heavy atom.